The van der Waals surface area contributed by atoms with Gasteiger partial charge in [0.15, 0.2) is 0 Å². The molecule has 0 aromatic heterocycles. The van der Waals surface area contributed by atoms with Crippen LogP contribution in [0.1, 0.15) is 18.9 Å². The average molecular weight is 259 g/mol. The molecule has 0 amide bonds. The van der Waals surface area contributed by atoms with Crippen LogP contribution < -0.4 is 4.74 Å². The molecule has 1 aromatic rings. The van der Waals surface area contributed by atoms with Crippen molar-refractivity contribution >= 4 is 15.9 Å². The van der Waals surface area contributed by atoms with Gasteiger partial charge in [-0.3, -0.25) is 0 Å². The van der Waals surface area contributed by atoms with Crippen LogP contribution in [0.5, 0.6) is 5.75 Å². The Balaban J connectivity index is 2.53. The highest BCUT2D eigenvalue weighted by molar-refractivity contribution is 9.10. The number of halogens is 1. The van der Waals surface area contributed by atoms with Crippen LogP contribution in [0.15, 0.2) is 22.7 Å². The summed E-state index contributed by atoms with van der Waals surface area (Å²) >= 11 is 3.39. The molecule has 0 aliphatic carbocycles. The van der Waals surface area contributed by atoms with Gasteiger partial charge in [0.05, 0.1) is 12.7 Å². The summed E-state index contributed by atoms with van der Waals surface area (Å²) in [6.07, 6.45) is 0.355. The molecule has 0 saturated heterocycles. The zero-order valence-corrected chi connectivity index (χ0v) is 10.0. The molecule has 14 heavy (non-hydrogen) atoms. The molecule has 1 aromatic carbocycles. The summed E-state index contributed by atoms with van der Waals surface area (Å²) in [4.78, 5) is 0. The van der Waals surface area contributed by atoms with Gasteiger partial charge in [-0.05, 0) is 31.5 Å². The predicted octanol–water partition coefficient (Wildman–Crippen LogP) is 2.91. The van der Waals surface area contributed by atoms with Crippen molar-refractivity contribution in [2.75, 3.05) is 6.61 Å². The van der Waals surface area contributed by atoms with Gasteiger partial charge < -0.3 is 9.84 Å². The van der Waals surface area contributed by atoms with Gasteiger partial charge in [0, 0.05) is 10.9 Å². The number of aliphatic hydroxyl groups excluding tert-OH is 1. The van der Waals surface area contributed by atoms with E-state index in [2.05, 4.69) is 15.9 Å². The Morgan fingerprint density at radius 3 is 2.86 bits per heavy atom. The molecule has 2 nitrogen and oxygen atoms in total. The standard InChI is InChI=1S/C11H15BrO2/c1-8-3-4-10(12)7-11(8)14-6-5-9(2)13/h3-4,7,9,13H,5-6H2,1-2H3. The molecule has 1 atom stereocenters. The lowest BCUT2D eigenvalue weighted by molar-refractivity contribution is 0.155. The minimum atomic E-state index is -0.303. The number of hydrogen-bond donors (Lipinski definition) is 1. The lowest BCUT2D eigenvalue weighted by Crippen LogP contribution is -2.07. The van der Waals surface area contributed by atoms with E-state index in [1.807, 2.05) is 25.1 Å². The maximum absolute atomic E-state index is 9.07. The van der Waals surface area contributed by atoms with E-state index < -0.39 is 0 Å². The quantitative estimate of drug-likeness (QED) is 0.900. The van der Waals surface area contributed by atoms with Gasteiger partial charge in [0.2, 0.25) is 0 Å². The Hall–Kier alpha value is -0.540. The van der Waals surface area contributed by atoms with E-state index in [0.717, 1.165) is 15.8 Å². The maximum Gasteiger partial charge on any atom is 0.123 e. The van der Waals surface area contributed by atoms with E-state index in [0.29, 0.717) is 13.0 Å². The van der Waals surface area contributed by atoms with Gasteiger partial charge in [-0.15, -0.1) is 0 Å². The summed E-state index contributed by atoms with van der Waals surface area (Å²) in [7, 11) is 0. The van der Waals surface area contributed by atoms with Crippen molar-refractivity contribution in [3.63, 3.8) is 0 Å². The van der Waals surface area contributed by atoms with Crippen molar-refractivity contribution in [2.24, 2.45) is 0 Å². The summed E-state index contributed by atoms with van der Waals surface area (Å²) in [5.74, 6) is 0.875. The first-order valence-electron chi connectivity index (χ1n) is 4.66. The highest BCUT2D eigenvalue weighted by atomic mass is 79.9. The Labute approximate surface area is 93.0 Å². The highest BCUT2D eigenvalue weighted by Gasteiger charge is 2.01. The van der Waals surface area contributed by atoms with Gasteiger partial charge in [-0.1, -0.05) is 22.0 Å². The van der Waals surface area contributed by atoms with Crippen LogP contribution in [0.3, 0.4) is 0 Å². The fourth-order valence-corrected chi connectivity index (χ4v) is 1.41. The van der Waals surface area contributed by atoms with Crippen LogP contribution in [0.2, 0.25) is 0 Å². The van der Waals surface area contributed by atoms with E-state index in [-0.39, 0.29) is 6.10 Å². The first kappa shape index (κ1) is 11.5. The zero-order valence-electron chi connectivity index (χ0n) is 8.46. The van der Waals surface area contributed by atoms with E-state index >= 15 is 0 Å². The summed E-state index contributed by atoms with van der Waals surface area (Å²) in [6, 6.07) is 5.93. The minimum Gasteiger partial charge on any atom is -0.493 e. The lowest BCUT2D eigenvalue weighted by Gasteiger charge is -2.10. The summed E-state index contributed by atoms with van der Waals surface area (Å²) in [5.41, 5.74) is 1.11. The Morgan fingerprint density at radius 1 is 1.50 bits per heavy atom. The SMILES string of the molecule is Cc1ccc(Br)cc1OCCC(C)O. The van der Waals surface area contributed by atoms with Gasteiger partial charge in [0.25, 0.3) is 0 Å². The molecule has 0 aliphatic rings. The fourth-order valence-electron chi connectivity index (χ4n) is 1.07. The van der Waals surface area contributed by atoms with Crippen LogP contribution in [0.25, 0.3) is 0 Å². The van der Waals surface area contributed by atoms with Crippen LogP contribution in [0.4, 0.5) is 0 Å². The van der Waals surface area contributed by atoms with Crippen LogP contribution in [-0.2, 0) is 0 Å². The number of hydrogen-bond acceptors (Lipinski definition) is 2. The van der Waals surface area contributed by atoms with E-state index in [4.69, 9.17) is 9.84 Å². The van der Waals surface area contributed by atoms with Crippen molar-refractivity contribution in [1.82, 2.24) is 0 Å². The molecule has 0 radical (unpaired) electrons. The van der Waals surface area contributed by atoms with E-state index in [9.17, 15) is 0 Å². The first-order chi connectivity index (χ1) is 6.59. The van der Waals surface area contributed by atoms with Gasteiger partial charge >= 0.3 is 0 Å². The molecule has 3 heteroatoms. The molecule has 1 N–H and O–H groups in total. The minimum absolute atomic E-state index is 0.303. The molecule has 0 bridgehead atoms. The Bertz CT molecular complexity index is 297. The van der Waals surface area contributed by atoms with Crippen LogP contribution in [-0.4, -0.2) is 17.8 Å². The Morgan fingerprint density at radius 2 is 2.21 bits per heavy atom. The summed E-state index contributed by atoms with van der Waals surface area (Å²) in [6.45, 7) is 4.32. The highest BCUT2D eigenvalue weighted by Crippen LogP contribution is 2.22. The van der Waals surface area contributed by atoms with Crippen molar-refractivity contribution in [3.8, 4) is 5.75 Å². The van der Waals surface area contributed by atoms with Crippen LogP contribution in [0, 0.1) is 6.92 Å². The molecule has 0 heterocycles. The Kier molecular flexibility index (Phi) is 4.42. The van der Waals surface area contributed by atoms with Crippen molar-refractivity contribution in [1.29, 1.82) is 0 Å². The monoisotopic (exact) mass is 258 g/mol. The molecular formula is C11H15BrO2. The number of ether oxygens (including phenoxy) is 1. The topological polar surface area (TPSA) is 29.5 Å². The molecule has 78 valence electrons. The van der Waals surface area contributed by atoms with Gasteiger partial charge in [-0.2, -0.15) is 0 Å². The molecule has 0 fully saturated rings. The van der Waals surface area contributed by atoms with Crippen molar-refractivity contribution < 1.29 is 9.84 Å². The number of aryl methyl sites for hydroxylation is 1. The lowest BCUT2D eigenvalue weighted by atomic mass is 10.2. The third-order valence-electron chi connectivity index (χ3n) is 1.94. The second kappa shape index (κ2) is 5.37. The second-order valence-electron chi connectivity index (χ2n) is 3.40. The molecule has 1 unspecified atom stereocenters. The van der Waals surface area contributed by atoms with Crippen LogP contribution >= 0.6 is 15.9 Å². The van der Waals surface area contributed by atoms with E-state index in [1.54, 1.807) is 6.92 Å². The molecule has 0 saturated carbocycles. The fraction of sp³-hybridized carbons (Fsp3) is 0.455. The molecule has 0 aliphatic heterocycles. The summed E-state index contributed by atoms with van der Waals surface area (Å²) < 4.78 is 6.55. The largest absolute Gasteiger partial charge is 0.493 e. The predicted molar refractivity (Wildman–Crippen MR) is 60.7 cm³/mol. The molecular weight excluding hydrogens is 244 g/mol. The molecule has 0 spiro atoms. The van der Waals surface area contributed by atoms with Crippen molar-refractivity contribution in [3.05, 3.63) is 28.2 Å². The van der Waals surface area contributed by atoms with Crippen molar-refractivity contribution in [2.45, 2.75) is 26.4 Å². The third kappa shape index (κ3) is 3.68. The smallest absolute Gasteiger partial charge is 0.123 e. The maximum atomic E-state index is 9.07. The van der Waals surface area contributed by atoms with E-state index in [1.165, 1.54) is 0 Å². The average Bonchev–Trinajstić information content (AvgIpc) is 2.10. The molecule has 1 rings (SSSR count). The normalized spacial score (nSPS) is 12.6. The first-order valence-corrected chi connectivity index (χ1v) is 5.46. The third-order valence-corrected chi connectivity index (χ3v) is 2.44. The second-order valence-corrected chi connectivity index (χ2v) is 4.31. The number of aliphatic hydroxyl groups is 1. The summed E-state index contributed by atoms with van der Waals surface area (Å²) in [5, 5.41) is 9.07. The zero-order chi connectivity index (χ0) is 10.6. The van der Waals surface area contributed by atoms with Gasteiger partial charge in [0.1, 0.15) is 5.75 Å². The number of benzene rings is 1. The number of rotatable bonds is 4. The van der Waals surface area contributed by atoms with Gasteiger partial charge in [-0.25, -0.2) is 0 Å².